The van der Waals surface area contributed by atoms with E-state index in [1.807, 2.05) is 11.3 Å². The fourth-order valence-corrected chi connectivity index (χ4v) is 11.0. The normalized spacial score (nSPS) is 13.2. The lowest BCUT2D eigenvalue weighted by atomic mass is 9.69. The smallest absolute Gasteiger partial charge is 0.0732 e. The largest absolute Gasteiger partial charge is 0.309 e. The van der Waals surface area contributed by atoms with Crippen molar-refractivity contribution in [3.05, 3.63) is 222 Å². The summed E-state index contributed by atoms with van der Waals surface area (Å²) in [6.07, 6.45) is 0. The van der Waals surface area contributed by atoms with Gasteiger partial charge in [-0.1, -0.05) is 164 Å². The Balaban J connectivity index is 1.16. The molecule has 0 fully saturated rings. The van der Waals surface area contributed by atoms with Gasteiger partial charge in [0.25, 0.3) is 0 Å². The molecule has 0 unspecified atom stereocenters. The SMILES string of the molecule is c1ccc(-c2ccc(N(c3ccc4c(c3)C3(c5ccccc5-c5ccccc53)c3c-4ccc4ccccc34)c3cccc4c3sc3ccccc34)cc2)cc1. The summed E-state index contributed by atoms with van der Waals surface area (Å²) >= 11 is 1.88. The summed E-state index contributed by atoms with van der Waals surface area (Å²) in [5.41, 5.74) is 16.1. The van der Waals surface area contributed by atoms with Crippen molar-refractivity contribution in [2.45, 2.75) is 5.41 Å². The average molecular weight is 716 g/mol. The van der Waals surface area contributed by atoms with Crippen molar-refractivity contribution in [1.29, 1.82) is 0 Å². The first-order chi connectivity index (χ1) is 27.3. The van der Waals surface area contributed by atoms with Crippen LogP contribution in [0.1, 0.15) is 22.3 Å². The number of hydrogen-bond donors (Lipinski definition) is 0. The summed E-state index contributed by atoms with van der Waals surface area (Å²) in [7, 11) is 0. The van der Waals surface area contributed by atoms with Crippen molar-refractivity contribution in [3.8, 4) is 33.4 Å². The van der Waals surface area contributed by atoms with Gasteiger partial charge in [-0.3, -0.25) is 0 Å². The second-order valence-corrected chi connectivity index (χ2v) is 15.8. The van der Waals surface area contributed by atoms with Gasteiger partial charge in [0.1, 0.15) is 0 Å². The maximum atomic E-state index is 2.51. The van der Waals surface area contributed by atoms with Crippen molar-refractivity contribution < 1.29 is 0 Å². The van der Waals surface area contributed by atoms with Crippen molar-refractivity contribution in [2.24, 2.45) is 0 Å². The molecule has 12 rings (SSSR count). The minimum atomic E-state index is -0.471. The van der Waals surface area contributed by atoms with Gasteiger partial charge in [0.2, 0.25) is 0 Å². The summed E-state index contributed by atoms with van der Waals surface area (Å²) in [5, 5.41) is 5.18. The number of rotatable bonds is 4. The van der Waals surface area contributed by atoms with Gasteiger partial charge in [-0.25, -0.2) is 0 Å². The molecule has 10 aromatic rings. The highest BCUT2D eigenvalue weighted by Gasteiger charge is 2.52. The van der Waals surface area contributed by atoms with E-state index in [4.69, 9.17) is 0 Å². The van der Waals surface area contributed by atoms with Gasteiger partial charge in [-0.15, -0.1) is 11.3 Å². The molecule has 0 amide bonds. The molecule has 2 heteroatoms. The monoisotopic (exact) mass is 715 g/mol. The second-order valence-electron chi connectivity index (χ2n) is 14.8. The molecule has 2 aliphatic carbocycles. The van der Waals surface area contributed by atoms with Crippen LogP contribution < -0.4 is 4.90 Å². The lowest BCUT2D eigenvalue weighted by Gasteiger charge is -2.33. The first kappa shape index (κ1) is 30.7. The van der Waals surface area contributed by atoms with Crippen LogP contribution in [-0.2, 0) is 5.41 Å². The highest BCUT2D eigenvalue weighted by molar-refractivity contribution is 7.26. The van der Waals surface area contributed by atoms with Crippen LogP contribution in [0.15, 0.2) is 200 Å². The van der Waals surface area contributed by atoms with Crippen LogP contribution in [0.2, 0.25) is 0 Å². The van der Waals surface area contributed by atoms with Crippen molar-refractivity contribution >= 4 is 59.3 Å². The summed E-state index contributed by atoms with van der Waals surface area (Å²) < 4.78 is 2.59. The number of anilines is 3. The predicted octanol–water partition coefficient (Wildman–Crippen LogP) is 14.7. The summed E-state index contributed by atoms with van der Waals surface area (Å²) in [6, 6.07) is 74.5. The summed E-state index contributed by atoms with van der Waals surface area (Å²) in [4.78, 5) is 2.49. The molecular weight excluding hydrogens is 683 g/mol. The standard InChI is InChI=1S/C53H33NS/c1-2-13-34(14-3-1)35-25-28-37(29-26-35)54(49-23-12-20-45-43-19-8-11-24-50(43)55-52(45)49)38-30-32-42-44-31-27-36-15-4-5-16-39(36)51(44)53(48(42)33-38)46-21-9-6-17-40(46)41-18-7-10-22-47(41)53/h1-33H. The van der Waals surface area contributed by atoms with E-state index in [1.54, 1.807) is 0 Å². The molecule has 0 saturated carbocycles. The van der Waals surface area contributed by atoms with E-state index >= 15 is 0 Å². The van der Waals surface area contributed by atoms with Crippen molar-refractivity contribution in [3.63, 3.8) is 0 Å². The second kappa shape index (κ2) is 11.6. The van der Waals surface area contributed by atoms with E-state index in [2.05, 4.69) is 205 Å². The van der Waals surface area contributed by atoms with E-state index in [9.17, 15) is 0 Å². The molecule has 0 saturated heterocycles. The van der Waals surface area contributed by atoms with Crippen LogP contribution in [0.25, 0.3) is 64.3 Å². The van der Waals surface area contributed by atoms with E-state index in [0.717, 1.165) is 11.4 Å². The molecule has 1 nitrogen and oxygen atoms in total. The molecule has 9 aromatic carbocycles. The Morgan fingerprint density at radius 1 is 0.382 bits per heavy atom. The molecule has 2 aliphatic rings. The first-order valence-electron chi connectivity index (χ1n) is 19.0. The molecule has 1 aromatic heterocycles. The van der Waals surface area contributed by atoms with Crippen LogP contribution in [0, 0.1) is 0 Å². The Bertz CT molecular complexity index is 3110. The Morgan fingerprint density at radius 2 is 0.982 bits per heavy atom. The zero-order valence-corrected chi connectivity index (χ0v) is 30.7. The molecule has 0 bridgehead atoms. The highest BCUT2D eigenvalue weighted by atomic mass is 32.1. The molecule has 256 valence electrons. The minimum absolute atomic E-state index is 0.471. The lowest BCUT2D eigenvalue weighted by molar-refractivity contribution is 0.801. The van der Waals surface area contributed by atoms with Gasteiger partial charge in [-0.05, 0) is 103 Å². The lowest BCUT2D eigenvalue weighted by Crippen LogP contribution is -2.26. The predicted molar refractivity (Wildman–Crippen MR) is 233 cm³/mol. The van der Waals surface area contributed by atoms with Crippen LogP contribution in [0.5, 0.6) is 0 Å². The van der Waals surface area contributed by atoms with Gasteiger partial charge in [-0.2, -0.15) is 0 Å². The Labute approximate surface area is 324 Å². The Morgan fingerprint density at radius 3 is 1.78 bits per heavy atom. The van der Waals surface area contributed by atoms with Crippen LogP contribution in [0.3, 0.4) is 0 Å². The maximum Gasteiger partial charge on any atom is 0.0732 e. The quantitative estimate of drug-likeness (QED) is 0.175. The maximum absolute atomic E-state index is 2.51. The number of nitrogens with zero attached hydrogens (tertiary/aromatic N) is 1. The number of benzene rings is 9. The molecule has 1 spiro atoms. The summed E-state index contributed by atoms with van der Waals surface area (Å²) in [6.45, 7) is 0. The van der Waals surface area contributed by atoms with E-state index in [1.165, 1.54) is 92.3 Å². The molecular formula is C53H33NS. The molecule has 1 heterocycles. The third-order valence-electron chi connectivity index (χ3n) is 12.1. The zero-order valence-electron chi connectivity index (χ0n) is 29.9. The van der Waals surface area contributed by atoms with E-state index in [0.29, 0.717) is 0 Å². The van der Waals surface area contributed by atoms with Crippen molar-refractivity contribution in [1.82, 2.24) is 0 Å². The van der Waals surface area contributed by atoms with Crippen LogP contribution in [0.4, 0.5) is 17.1 Å². The van der Waals surface area contributed by atoms with Gasteiger partial charge in [0.15, 0.2) is 0 Å². The Kier molecular flexibility index (Phi) is 6.49. The average Bonchev–Trinajstić information content (AvgIpc) is 3.89. The van der Waals surface area contributed by atoms with Gasteiger partial charge in [0, 0.05) is 26.8 Å². The topological polar surface area (TPSA) is 3.24 Å². The number of fused-ring (bicyclic) bond motifs is 15. The van der Waals surface area contributed by atoms with Gasteiger partial charge in [0.05, 0.1) is 15.8 Å². The Hall–Kier alpha value is -6.74. The van der Waals surface area contributed by atoms with Gasteiger partial charge >= 0.3 is 0 Å². The van der Waals surface area contributed by atoms with E-state index < -0.39 is 5.41 Å². The highest BCUT2D eigenvalue weighted by Crippen LogP contribution is 2.64. The van der Waals surface area contributed by atoms with Gasteiger partial charge < -0.3 is 4.90 Å². The van der Waals surface area contributed by atoms with E-state index in [-0.39, 0.29) is 0 Å². The fraction of sp³-hybridized carbons (Fsp3) is 0.0189. The third-order valence-corrected chi connectivity index (χ3v) is 13.3. The molecule has 0 aliphatic heterocycles. The van der Waals surface area contributed by atoms with Crippen molar-refractivity contribution in [2.75, 3.05) is 4.90 Å². The van der Waals surface area contributed by atoms with Crippen LogP contribution >= 0.6 is 11.3 Å². The minimum Gasteiger partial charge on any atom is -0.309 e. The molecule has 0 atom stereocenters. The zero-order chi connectivity index (χ0) is 36.1. The number of hydrogen-bond acceptors (Lipinski definition) is 2. The third kappa shape index (κ3) is 4.23. The molecule has 0 N–H and O–H groups in total. The number of thiophene rings is 1. The summed E-state index contributed by atoms with van der Waals surface area (Å²) in [5.74, 6) is 0. The molecule has 55 heavy (non-hydrogen) atoms. The fourth-order valence-electron chi connectivity index (χ4n) is 9.81. The van der Waals surface area contributed by atoms with Crippen LogP contribution in [-0.4, -0.2) is 0 Å². The molecule has 0 radical (unpaired) electrons. The first-order valence-corrected chi connectivity index (χ1v) is 19.8.